The Hall–Kier alpha value is -0.610. The summed E-state index contributed by atoms with van der Waals surface area (Å²) in [7, 11) is 4.19. The SMILES string of the molecule is CCC(CC)C(CNC(=O)CC(CN)CC(C)C)N(C)C. The standard InChI is InChI=1S/C17H37N3O/c1-7-15(8-2)16(20(5)6)12-19-17(21)10-14(11-18)9-13(3)4/h13-16H,7-12,18H2,1-6H3,(H,19,21). The lowest BCUT2D eigenvalue weighted by Gasteiger charge is -2.31. The third kappa shape index (κ3) is 8.42. The monoisotopic (exact) mass is 299 g/mol. The van der Waals surface area contributed by atoms with E-state index in [0.717, 1.165) is 25.8 Å². The second-order valence-corrected chi connectivity index (χ2v) is 6.85. The highest BCUT2D eigenvalue weighted by Crippen LogP contribution is 2.17. The molecular weight excluding hydrogens is 262 g/mol. The van der Waals surface area contributed by atoms with Crippen molar-refractivity contribution in [3.8, 4) is 0 Å². The summed E-state index contributed by atoms with van der Waals surface area (Å²) < 4.78 is 0. The number of carbonyl (C=O) groups excluding carboxylic acids is 1. The summed E-state index contributed by atoms with van der Waals surface area (Å²) in [5.41, 5.74) is 5.78. The molecule has 1 amide bonds. The molecule has 0 aromatic heterocycles. The first-order chi connectivity index (χ1) is 9.85. The quantitative estimate of drug-likeness (QED) is 0.616. The average molecular weight is 300 g/mol. The number of carbonyl (C=O) groups is 1. The van der Waals surface area contributed by atoms with E-state index in [1.54, 1.807) is 0 Å². The van der Waals surface area contributed by atoms with Gasteiger partial charge in [-0.3, -0.25) is 4.79 Å². The van der Waals surface area contributed by atoms with Crippen molar-refractivity contribution in [2.75, 3.05) is 27.2 Å². The van der Waals surface area contributed by atoms with E-state index >= 15 is 0 Å². The number of likely N-dealkylation sites (N-methyl/N-ethyl adjacent to an activating group) is 1. The largest absolute Gasteiger partial charge is 0.355 e. The molecule has 21 heavy (non-hydrogen) atoms. The van der Waals surface area contributed by atoms with Crippen LogP contribution in [0.1, 0.15) is 53.4 Å². The van der Waals surface area contributed by atoms with E-state index < -0.39 is 0 Å². The van der Waals surface area contributed by atoms with Gasteiger partial charge in [-0.05, 0) is 44.8 Å². The van der Waals surface area contributed by atoms with E-state index in [-0.39, 0.29) is 5.91 Å². The summed E-state index contributed by atoms with van der Waals surface area (Å²) in [5, 5.41) is 3.12. The van der Waals surface area contributed by atoms with Crippen LogP contribution >= 0.6 is 0 Å². The Kier molecular flexibility index (Phi) is 10.7. The summed E-state index contributed by atoms with van der Waals surface area (Å²) in [6, 6.07) is 0.408. The van der Waals surface area contributed by atoms with Crippen LogP contribution in [0.3, 0.4) is 0 Å². The lowest BCUT2D eigenvalue weighted by molar-refractivity contribution is -0.122. The van der Waals surface area contributed by atoms with Crippen LogP contribution in [-0.4, -0.2) is 44.0 Å². The first kappa shape index (κ1) is 20.4. The third-order valence-corrected chi connectivity index (χ3v) is 4.38. The lowest BCUT2D eigenvalue weighted by Crippen LogP contribution is -2.45. The second-order valence-electron chi connectivity index (χ2n) is 6.85. The first-order valence-electron chi connectivity index (χ1n) is 8.48. The zero-order valence-corrected chi connectivity index (χ0v) is 15.0. The molecule has 0 aromatic carbocycles. The Morgan fingerprint density at radius 2 is 1.76 bits per heavy atom. The Balaban J connectivity index is 4.36. The molecule has 0 heterocycles. The van der Waals surface area contributed by atoms with Crippen LogP contribution in [0.4, 0.5) is 0 Å². The molecule has 0 aliphatic carbocycles. The molecule has 2 unspecified atom stereocenters. The summed E-state index contributed by atoms with van der Waals surface area (Å²) >= 11 is 0. The number of amides is 1. The molecule has 2 atom stereocenters. The summed E-state index contributed by atoms with van der Waals surface area (Å²) in [4.78, 5) is 14.4. The van der Waals surface area contributed by atoms with Gasteiger partial charge in [0.2, 0.25) is 5.91 Å². The van der Waals surface area contributed by atoms with Crippen molar-refractivity contribution in [1.82, 2.24) is 10.2 Å². The van der Waals surface area contributed by atoms with Gasteiger partial charge in [-0.1, -0.05) is 40.5 Å². The van der Waals surface area contributed by atoms with E-state index in [2.05, 4.69) is 52.0 Å². The van der Waals surface area contributed by atoms with Gasteiger partial charge in [0, 0.05) is 19.0 Å². The fourth-order valence-electron chi connectivity index (χ4n) is 3.09. The molecule has 0 spiro atoms. The molecule has 0 radical (unpaired) electrons. The molecule has 0 aliphatic rings. The van der Waals surface area contributed by atoms with Crippen LogP contribution in [0.5, 0.6) is 0 Å². The molecule has 0 aliphatic heterocycles. The summed E-state index contributed by atoms with van der Waals surface area (Å²) in [6.45, 7) is 10.1. The highest BCUT2D eigenvalue weighted by atomic mass is 16.1. The average Bonchev–Trinajstić information content (AvgIpc) is 2.41. The molecule has 3 N–H and O–H groups in total. The van der Waals surface area contributed by atoms with E-state index in [9.17, 15) is 4.79 Å². The van der Waals surface area contributed by atoms with Crippen LogP contribution in [0.25, 0.3) is 0 Å². The first-order valence-corrected chi connectivity index (χ1v) is 8.48. The van der Waals surface area contributed by atoms with E-state index in [1.165, 1.54) is 0 Å². The predicted molar refractivity (Wildman–Crippen MR) is 91.2 cm³/mol. The fourth-order valence-corrected chi connectivity index (χ4v) is 3.09. The molecule has 0 bridgehead atoms. The Bertz CT molecular complexity index is 275. The Morgan fingerprint density at radius 1 is 1.19 bits per heavy atom. The smallest absolute Gasteiger partial charge is 0.220 e. The van der Waals surface area contributed by atoms with Crippen LogP contribution in [-0.2, 0) is 4.79 Å². The van der Waals surface area contributed by atoms with Gasteiger partial charge in [-0.25, -0.2) is 0 Å². The van der Waals surface area contributed by atoms with Gasteiger partial charge < -0.3 is 16.0 Å². The molecule has 0 fully saturated rings. The van der Waals surface area contributed by atoms with Crippen molar-refractivity contribution >= 4 is 5.91 Å². The van der Waals surface area contributed by atoms with Crippen LogP contribution in [0, 0.1) is 17.8 Å². The molecule has 0 aromatic rings. The highest BCUT2D eigenvalue weighted by Gasteiger charge is 2.22. The van der Waals surface area contributed by atoms with Crippen molar-refractivity contribution in [3.63, 3.8) is 0 Å². The number of hydrogen-bond acceptors (Lipinski definition) is 3. The van der Waals surface area contributed by atoms with Crippen LogP contribution < -0.4 is 11.1 Å². The predicted octanol–water partition coefficient (Wildman–Crippen LogP) is 2.48. The van der Waals surface area contributed by atoms with Gasteiger partial charge in [0.25, 0.3) is 0 Å². The second kappa shape index (κ2) is 11.0. The summed E-state index contributed by atoms with van der Waals surface area (Å²) in [5.74, 6) is 1.66. The molecule has 4 nitrogen and oxygen atoms in total. The zero-order valence-electron chi connectivity index (χ0n) is 15.0. The van der Waals surface area contributed by atoms with Gasteiger partial charge in [0.05, 0.1) is 0 Å². The van der Waals surface area contributed by atoms with Gasteiger partial charge in [0.15, 0.2) is 0 Å². The van der Waals surface area contributed by atoms with E-state index in [4.69, 9.17) is 5.73 Å². The number of nitrogens with two attached hydrogens (primary N) is 1. The minimum Gasteiger partial charge on any atom is -0.355 e. The minimum absolute atomic E-state index is 0.143. The molecular formula is C17H37N3O. The Labute approximate surface area is 131 Å². The number of hydrogen-bond donors (Lipinski definition) is 2. The van der Waals surface area contributed by atoms with Crippen molar-refractivity contribution in [2.24, 2.45) is 23.5 Å². The highest BCUT2D eigenvalue weighted by molar-refractivity contribution is 5.76. The van der Waals surface area contributed by atoms with Gasteiger partial charge in [0.1, 0.15) is 0 Å². The maximum atomic E-state index is 12.1. The van der Waals surface area contributed by atoms with Gasteiger partial charge >= 0.3 is 0 Å². The zero-order chi connectivity index (χ0) is 16.4. The maximum Gasteiger partial charge on any atom is 0.220 e. The normalized spacial score (nSPS) is 14.8. The number of nitrogens with one attached hydrogen (secondary N) is 1. The van der Waals surface area contributed by atoms with Gasteiger partial charge in [-0.15, -0.1) is 0 Å². The molecule has 4 heteroatoms. The number of rotatable bonds is 11. The van der Waals surface area contributed by atoms with Crippen LogP contribution in [0.15, 0.2) is 0 Å². The topological polar surface area (TPSA) is 58.4 Å². The number of nitrogens with zero attached hydrogens (tertiary/aromatic N) is 1. The van der Waals surface area contributed by atoms with Crippen LogP contribution in [0.2, 0.25) is 0 Å². The summed E-state index contributed by atoms with van der Waals surface area (Å²) in [6.07, 6.45) is 3.87. The molecule has 126 valence electrons. The van der Waals surface area contributed by atoms with E-state index in [0.29, 0.717) is 36.8 Å². The van der Waals surface area contributed by atoms with Crippen molar-refractivity contribution in [3.05, 3.63) is 0 Å². The molecule has 0 saturated heterocycles. The van der Waals surface area contributed by atoms with Crippen molar-refractivity contribution < 1.29 is 4.79 Å². The fraction of sp³-hybridized carbons (Fsp3) is 0.941. The van der Waals surface area contributed by atoms with E-state index in [1.807, 2.05) is 0 Å². The maximum absolute atomic E-state index is 12.1. The van der Waals surface area contributed by atoms with Crippen molar-refractivity contribution in [2.45, 2.75) is 59.4 Å². The molecule has 0 saturated carbocycles. The van der Waals surface area contributed by atoms with Crippen molar-refractivity contribution in [1.29, 1.82) is 0 Å². The van der Waals surface area contributed by atoms with Gasteiger partial charge in [-0.2, -0.15) is 0 Å². The molecule has 0 rings (SSSR count). The minimum atomic E-state index is 0.143. The third-order valence-electron chi connectivity index (χ3n) is 4.38. The lowest BCUT2D eigenvalue weighted by atomic mass is 9.92. The Morgan fingerprint density at radius 3 is 2.14 bits per heavy atom.